The zero-order chi connectivity index (χ0) is 10.4. The van der Waals surface area contributed by atoms with Gasteiger partial charge >= 0.3 is 0 Å². The van der Waals surface area contributed by atoms with Crippen LogP contribution in [-0.2, 0) is 6.42 Å². The van der Waals surface area contributed by atoms with Gasteiger partial charge in [-0.25, -0.2) is 0 Å². The molecular weight excluding hydrogens is 172 g/mol. The summed E-state index contributed by atoms with van der Waals surface area (Å²) < 4.78 is 0. The Morgan fingerprint density at radius 3 is 2.43 bits per heavy atom. The number of hydrogen-bond acceptors (Lipinski definition) is 2. The van der Waals surface area contributed by atoms with Crippen LogP contribution in [0.15, 0.2) is 47.1 Å². The molecule has 0 saturated heterocycles. The molecule has 0 unspecified atom stereocenters. The average Bonchev–Trinajstić information content (AvgIpc) is 2.17. The lowest BCUT2D eigenvalue weighted by Crippen LogP contribution is -1.84. The Morgan fingerprint density at radius 2 is 1.93 bits per heavy atom. The fourth-order valence-electron chi connectivity index (χ4n) is 1.05. The van der Waals surface area contributed by atoms with Gasteiger partial charge in [-0.05, 0) is 38.0 Å². The van der Waals surface area contributed by atoms with Crippen molar-refractivity contribution in [3.8, 4) is 0 Å². The second-order valence-electron chi connectivity index (χ2n) is 3.47. The van der Waals surface area contributed by atoms with Crippen LogP contribution in [0.4, 0.5) is 5.69 Å². The fraction of sp³-hybridized carbons (Fsp3) is 0.333. The van der Waals surface area contributed by atoms with E-state index in [-0.39, 0.29) is 6.04 Å². The molecule has 2 nitrogen and oxygen atoms in total. The number of rotatable bonds is 4. The van der Waals surface area contributed by atoms with E-state index in [0.717, 1.165) is 12.1 Å². The zero-order valence-electron chi connectivity index (χ0n) is 8.77. The Balaban J connectivity index is 2.68. The molecule has 0 aliphatic heterocycles. The molecule has 1 aromatic carbocycles. The van der Waals surface area contributed by atoms with Crippen LogP contribution in [0.5, 0.6) is 0 Å². The number of allylic oxidation sites excluding steroid dienone is 1. The maximum absolute atomic E-state index is 4.11. The van der Waals surface area contributed by atoms with Crippen molar-refractivity contribution >= 4 is 5.69 Å². The predicted octanol–water partition coefficient (Wildman–Crippen LogP) is 3.91. The number of nitrogens with zero attached hydrogens (tertiary/aromatic N) is 2. The van der Waals surface area contributed by atoms with Crippen LogP contribution < -0.4 is 0 Å². The van der Waals surface area contributed by atoms with Crippen LogP contribution in [0.3, 0.4) is 0 Å². The lowest BCUT2D eigenvalue weighted by Gasteiger charge is -1.97. The summed E-state index contributed by atoms with van der Waals surface area (Å²) in [6, 6.07) is 8.31. The first-order valence-electron chi connectivity index (χ1n) is 4.83. The van der Waals surface area contributed by atoms with E-state index in [4.69, 9.17) is 0 Å². The van der Waals surface area contributed by atoms with Crippen molar-refractivity contribution in [3.05, 3.63) is 42.5 Å². The summed E-state index contributed by atoms with van der Waals surface area (Å²) in [5.41, 5.74) is 2.16. The smallest absolute Gasteiger partial charge is 0.0852 e. The Bertz CT molecular complexity index is 310. The highest BCUT2D eigenvalue weighted by Gasteiger charge is 1.92. The molecule has 0 aromatic heterocycles. The topological polar surface area (TPSA) is 24.7 Å². The average molecular weight is 188 g/mol. The third-order valence-corrected chi connectivity index (χ3v) is 1.72. The molecule has 0 fully saturated rings. The van der Waals surface area contributed by atoms with E-state index >= 15 is 0 Å². The van der Waals surface area contributed by atoms with Crippen LogP contribution in [0, 0.1) is 0 Å². The van der Waals surface area contributed by atoms with E-state index < -0.39 is 0 Å². The Kier molecular flexibility index (Phi) is 4.05. The van der Waals surface area contributed by atoms with Crippen LogP contribution in [-0.4, -0.2) is 6.04 Å². The highest BCUT2D eigenvalue weighted by Crippen LogP contribution is 2.14. The van der Waals surface area contributed by atoms with Crippen molar-refractivity contribution in [1.82, 2.24) is 0 Å². The summed E-state index contributed by atoms with van der Waals surface area (Å²) in [5.74, 6) is 0. The van der Waals surface area contributed by atoms with Gasteiger partial charge in [0.1, 0.15) is 0 Å². The Hall–Kier alpha value is -1.44. The molecule has 0 amide bonds. The van der Waals surface area contributed by atoms with Gasteiger partial charge in [0.15, 0.2) is 0 Å². The highest BCUT2D eigenvalue weighted by atomic mass is 15.1. The first kappa shape index (κ1) is 10.6. The summed E-state index contributed by atoms with van der Waals surface area (Å²) >= 11 is 0. The number of benzene rings is 1. The molecule has 0 saturated carbocycles. The van der Waals surface area contributed by atoms with Gasteiger partial charge in [0.25, 0.3) is 0 Å². The second kappa shape index (κ2) is 5.32. The van der Waals surface area contributed by atoms with E-state index in [9.17, 15) is 0 Å². The number of azo groups is 1. The minimum Gasteiger partial charge on any atom is -0.186 e. The molecule has 0 heterocycles. The summed E-state index contributed by atoms with van der Waals surface area (Å²) in [5, 5.41) is 8.18. The van der Waals surface area contributed by atoms with Crippen molar-refractivity contribution in [2.75, 3.05) is 0 Å². The first-order valence-corrected chi connectivity index (χ1v) is 4.83. The summed E-state index contributed by atoms with van der Waals surface area (Å²) in [6.07, 6.45) is 2.80. The standard InChI is InChI=1S/C12H16N2/c1-4-5-11-6-8-12(9-7-11)14-13-10(2)3/h4,6-10H,1,5H2,2-3H3. The minimum atomic E-state index is 0.253. The van der Waals surface area contributed by atoms with Gasteiger partial charge < -0.3 is 0 Å². The quantitative estimate of drug-likeness (QED) is 0.505. The molecule has 0 bridgehead atoms. The van der Waals surface area contributed by atoms with E-state index in [0.29, 0.717) is 0 Å². The monoisotopic (exact) mass is 188 g/mol. The largest absolute Gasteiger partial charge is 0.186 e. The van der Waals surface area contributed by atoms with Gasteiger partial charge in [0.05, 0.1) is 11.7 Å². The predicted molar refractivity (Wildman–Crippen MR) is 60.0 cm³/mol. The third-order valence-electron chi connectivity index (χ3n) is 1.72. The molecule has 0 spiro atoms. The molecule has 0 aliphatic carbocycles. The van der Waals surface area contributed by atoms with Crippen LogP contribution >= 0.6 is 0 Å². The van der Waals surface area contributed by atoms with Crippen molar-refractivity contribution < 1.29 is 0 Å². The molecule has 0 aliphatic rings. The maximum Gasteiger partial charge on any atom is 0.0852 e. The second-order valence-corrected chi connectivity index (χ2v) is 3.47. The zero-order valence-corrected chi connectivity index (χ0v) is 8.77. The normalized spacial score (nSPS) is 11.1. The van der Waals surface area contributed by atoms with Crippen LogP contribution in [0.25, 0.3) is 0 Å². The molecular formula is C12H16N2. The molecule has 1 rings (SSSR count). The van der Waals surface area contributed by atoms with Gasteiger partial charge in [-0.3, -0.25) is 0 Å². The Morgan fingerprint density at radius 1 is 1.29 bits per heavy atom. The minimum absolute atomic E-state index is 0.253. The van der Waals surface area contributed by atoms with Gasteiger partial charge in [-0.2, -0.15) is 10.2 Å². The molecule has 0 N–H and O–H groups in total. The van der Waals surface area contributed by atoms with Gasteiger partial charge in [-0.15, -0.1) is 6.58 Å². The molecule has 74 valence electrons. The molecule has 0 radical (unpaired) electrons. The van der Waals surface area contributed by atoms with Crippen molar-refractivity contribution in [3.63, 3.8) is 0 Å². The van der Waals surface area contributed by atoms with E-state index in [1.807, 2.05) is 32.1 Å². The Labute approximate surface area is 85.4 Å². The van der Waals surface area contributed by atoms with E-state index in [1.54, 1.807) is 0 Å². The fourth-order valence-corrected chi connectivity index (χ4v) is 1.05. The molecule has 0 atom stereocenters. The van der Waals surface area contributed by atoms with Crippen molar-refractivity contribution in [2.45, 2.75) is 26.3 Å². The summed E-state index contributed by atoms with van der Waals surface area (Å²) in [6.45, 7) is 7.71. The summed E-state index contributed by atoms with van der Waals surface area (Å²) in [4.78, 5) is 0. The van der Waals surface area contributed by atoms with Crippen molar-refractivity contribution in [1.29, 1.82) is 0 Å². The molecule has 1 aromatic rings. The van der Waals surface area contributed by atoms with Gasteiger partial charge in [-0.1, -0.05) is 18.2 Å². The third kappa shape index (κ3) is 3.52. The first-order chi connectivity index (χ1) is 6.72. The van der Waals surface area contributed by atoms with Crippen molar-refractivity contribution in [2.24, 2.45) is 10.2 Å². The van der Waals surface area contributed by atoms with Crippen LogP contribution in [0.2, 0.25) is 0 Å². The highest BCUT2D eigenvalue weighted by molar-refractivity contribution is 5.38. The SMILES string of the molecule is C=CCc1ccc(N=NC(C)C)cc1. The lowest BCUT2D eigenvalue weighted by molar-refractivity contribution is 0.779. The lowest BCUT2D eigenvalue weighted by atomic mass is 10.1. The number of hydrogen-bond donors (Lipinski definition) is 0. The molecule has 2 heteroatoms. The molecule has 14 heavy (non-hydrogen) atoms. The van der Waals surface area contributed by atoms with Gasteiger partial charge in [0, 0.05) is 0 Å². The van der Waals surface area contributed by atoms with E-state index in [2.05, 4.69) is 28.9 Å². The maximum atomic E-state index is 4.11. The van der Waals surface area contributed by atoms with Crippen LogP contribution in [0.1, 0.15) is 19.4 Å². The van der Waals surface area contributed by atoms with E-state index in [1.165, 1.54) is 5.56 Å². The van der Waals surface area contributed by atoms with Gasteiger partial charge in [0.2, 0.25) is 0 Å². The summed E-state index contributed by atoms with van der Waals surface area (Å²) in [7, 11) is 0.